The van der Waals surface area contributed by atoms with Crippen LogP contribution in [0.1, 0.15) is 17.5 Å². The Morgan fingerprint density at radius 3 is 2.44 bits per heavy atom. The summed E-state index contributed by atoms with van der Waals surface area (Å²) in [5, 5.41) is 7.13. The summed E-state index contributed by atoms with van der Waals surface area (Å²) in [5.41, 5.74) is 4.44. The molecule has 0 bridgehead atoms. The van der Waals surface area contributed by atoms with Crippen molar-refractivity contribution in [3.63, 3.8) is 0 Å². The Bertz CT molecular complexity index is 1200. The summed E-state index contributed by atoms with van der Waals surface area (Å²) in [7, 11) is 1.54. The summed E-state index contributed by atoms with van der Waals surface area (Å²) >= 11 is 15.2. The van der Waals surface area contributed by atoms with Crippen molar-refractivity contribution in [2.45, 2.75) is 13.0 Å². The smallest absolute Gasteiger partial charge is 0.249 e. The molecule has 10 heteroatoms. The zero-order chi connectivity index (χ0) is 24.5. The van der Waals surface area contributed by atoms with Crippen LogP contribution in [0.15, 0.2) is 70.2 Å². The molecule has 0 radical (unpaired) electrons. The van der Waals surface area contributed by atoms with Crippen molar-refractivity contribution in [1.29, 1.82) is 0 Å². The molecule has 0 unspecified atom stereocenters. The molecule has 3 aromatic rings. The Morgan fingerprint density at radius 2 is 1.74 bits per heavy atom. The number of ether oxygens (including phenoxy) is 2. The number of anilines is 1. The molecule has 0 aliphatic carbocycles. The number of nitrogens with one attached hydrogen (secondary N) is 2. The monoisotopic (exact) mass is 563 g/mol. The summed E-state index contributed by atoms with van der Waals surface area (Å²) in [4.78, 5) is 24.0. The molecular weight excluding hydrogens is 545 g/mol. The Kier molecular flexibility index (Phi) is 9.33. The Hall–Kier alpha value is -3.07. The second-order valence-electron chi connectivity index (χ2n) is 6.97. The van der Waals surface area contributed by atoms with Crippen molar-refractivity contribution in [1.82, 2.24) is 5.43 Å². The van der Waals surface area contributed by atoms with Crippen LogP contribution in [0.2, 0.25) is 10.0 Å². The minimum Gasteiger partial charge on any atom is -0.493 e. The molecule has 0 heterocycles. The van der Waals surface area contributed by atoms with Gasteiger partial charge >= 0.3 is 0 Å². The van der Waals surface area contributed by atoms with Gasteiger partial charge in [0.05, 0.1) is 23.4 Å². The van der Waals surface area contributed by atoms with Crippen molar-refractivity contribution >= 4 is 62.8 Å². The van der Waals surface area contributed by atoms with Gasteiger partial charge in [0.15, 0.2) is 11.5 Å². The molecule has 0 saturated heterocycles. The molecule has 3 rings (SSSR count). The van der Waals surface area contributed by atoms with Crippen molar-refractivity contribution in [3.8, 4) is 11.5 Å². The number of methoxy groups -OCH3 is 1. The van der Waals surface area contributed by atoms with E-state index >= 15 is 0 Å². The standard InChI is InChI=1S/C24H20BrCl2N3O4/c1-33-22-10-16(4-9-21(22)34-14-15-2-5-17(25)6-3-15)13-28-30-24(32)12-23(31)29-18-7-8-19(26)20(27)11-18/h2-11,13H,12,14H2,1H3,(H,29,31)(H,30,32). The highest BCUT2D eigenvalue weighted by Crippen LogP contribution is 2.28. The van der Waals surface area contributed by atoms with Crippen molar-refractivity contribution in [2.75, 3.05) is 12.4 Å². The molecule has 2 amide bonds. The van der Waals surface area contributed by atoms with Gasteiger partial charge in [-0.1, -0.05) is 51.3 Å². The summed E-state index contributed by atoms with van der Waals surface area (Å²) in [6.07, 6.45) is 1.03. The van der Waals surface area contributed by atoms with Crippen LogP contribution in [0.5, 0.6) is 11.5 Å². The number of hydrogen-bond acceptors (Lipinski definition) is 5. The lowest BCUT2D eigenvalue weighted by Gasteiger charge is -2.11. The third-order valence-electron chi connectivity index (χ3n) is 4.42. The molecule has 0 fully saturated rings. The van der Waals surface area contributed by atoms with Crippen LogP contribution in [-0.4, -0.2) is 25.1 Å². The predicted octanol–water partition coefficient (Wildman–Crippen LogP) is 5.82. The van der Waals surface area contributed by atoms with E-state index in [-0.39, 0.29) is 0 Å². The Morgan fingerprint density at radius 1 is 0.971 bits per heavy atom. The second-order valence-corrected chi connectivity index (χ2v) is 8.70. The van der Waals surface area contributed by atoms with Crippen LogP contribution in [0, 0.1) is 0 Å². The normalized spacial score (nSPS) is 10.7. The van der Waals surface area contributed by atoms with Crippen LogP contribution in [0.25, 0.3) is 0 Å². The highest BCUT2D eigenvalue weighted by Gasteiger charge is 2.10. The first-order chi connectivity index (χ1) is 16.3. The van der Waals surface area contributed by atoms with E-state index in [0.717, 1.165) is 10.0 Å². The molecule has 0 aliphatic rings. The van der Waals surface area contributed by atoms with Gasteiger partial charge in [-0.2, -0.15) is 5.10 Å². The Labute approximate surface area is 215 Å². The number of benzene rings is 3. The van der Waals surface area contributed by atoms with Crippen molar-refractivity contribution < 1.29 is 19.1 Å². The maximum absolute atomic E-state index is 12.0. The number of carbonyl (C=O) groups is 2. The highest BCUT2D eigenvalue weighted by molar-refractivity contribution is 9.10. The number of halogens is 3. The molecule has 176 valence electrons. The van der Waals surface area contributed by atoms with E-state index in [0.29, 0.717) is 39.4 Å². The topological polar surface area (TPSA) is 89.0 Å². The van der Waals surface area contributed by atoms with E-state index in [1.165, 1.54) is 19.4 Å². The zero-order valence-electron chi connectivity index (χ0n) is 18.0. The van der Waals surface area contributed by atoms with Gasteiger partial charge in [-0.25, -0.2) is 5.43 Å². The number of carbonyl (C=O) groups excluding carboxylic acids is 2. The van der Waals surface area contributed by atoms with Gasteiger partial charge in [0, 0.05) is 10.2 Å². The van der Waals surface area contributed by atoms with Crippen LogP contribution >= 0.6 is 39.1 Å². The minimum absolute atomic E-state index is 0.300. The van der Waals surface area contributed by atoms with Gasteiger partial charge in [0.1, 0.15) is 13.0 Å². The molecule has 0 saturated carbocycles. The lowest BCUT2D eigenvalue weighted by molar-refractivity contribution is -0.126. The molecule has 34 heavy (non-hydrogen) atoms. The second kappa shape index (κ2) is 12.4. The van der Waals surface area contributed by atoms with Gasteiger partial charge in [0.2, 0.25) is 11.8 Å². The molecule has 0 spiro atoms. The van der Waals surface area contributed by atoms with E-state index in [1.807, 2.05) is 24.3 Å². The van der Waals surface area contributed by atoms with E-state index in [2.05, 4.69) is 31.8 Å². The molecule has 0 aliphatic heterocycles. The summed E-state index contributed by atoms with van der Waals surface area (Å²) < 4.78 is 12.2. The molecule has 7 nitrogen and oxygen atoms in total. The first-order valence-corrected chi connectivity index (χ1v) is 11.5. The van der Waals surface area contributed by atoms with Gasteiger partial charge in [-0.15, -0.1) is 0 Å². The summed E-state index contributed by atoms with van der Waals surface area (Å²) in [6, 6.07) is 17.7. The average molecular weight is 565 g/mol. The number of hydrogen-bond donors (Lipinski definition) is 2. The quantitative estimate of drug-likeness (QED) is 0.195. The van der Waals surface area contributed by atoms with Gasteiger partial charge in [0.25, 0.3) is 0 Å². The zero-order valence-corrected chi connectivity index (χ0v) is 21.1. The molecule has 2 N–H and O–H groups in total. The first-order valence-electron chi connectivity index (χ1n) is 9.96. The van der Waals surface area contributed by atoms with E-state index in [4.69, 9.17) is 32.7 Å². The summed E-state index contributed by atoms with van der Waals surface area (Å²) in [5.74, 6) is 0.00855. The van der Waals surface area contributed by atoms with Gasteiger partial charge < -0.3 is 14.8 Å². The average Bonchev–Trinajstić information content (AvgIpc) is 2.81. The van der Waals surface area contributed by atoms with E-state index < -0.39 is 18.2 Å². The van der Waals surface area contributed by atoms with Crippen LogP contribution < -0.4 is 20.2 Å². The maximum Gasteiger partial charge on any atom is 0.249 e. The van der Waals surface area contributed by atoms with Crippen LogP contribution in [0.4, 0.5) is 5.69 Å². The molecule has 0 atom stereocenters. The first kappa shape index (κ1) is 25.6. The lowest BCUT2D eigenvalue weighted by atomic mass is 10.2. The number of amides is 2. The highest BCUT2D eigenvalue weighted by atomic mass is 79.9. The third kappa shape index (κ3) is 7.76. The number of rotatable bonds is 9. The van der Waals surface area contributed by atoms with Crippen molar-refractivity contribution in [2.24, 2.45) is 5.10 Å². The fraction of sp³-hybridized carbons (Fsp3) is 0.125. The van der Waals surface area contributed by atoms with Gasteiger partial charge in [-0.05, 0) is 59.7 Å². The number of hydrazone groups is 1. The molecule has 0 aromatic heterocycles. The van der Waals surface area contributed by atoms with E-state index in [9.17, 15) is 9.59 Å². The molecule has 3 aromatic carbocycles. The lowest BCUT2D eigenvalue weighted by Crippen LogP contribution is -2.24. The van der Waals surface area contributed by atoms with Crippen LogP contribution in [-0.2, 0) is 16.2 Å². The van der Waals surface area contributed by atoms with Crippen LogP contribution in [0.3, 0.4) is 0 Å². The number of nitrogens with zero attached hydrogens (tertiary/aromatic N) is 1. The van der Waals surface area contributed by atoms with Gasteiger partial charge in [-0.3, -0.25) is 9.59 Å². The third-order valence-corrected chi connectivity index (χ3v) is 5.69. The fourth-order valence-electron chi connectivity index (χ4n) is 2.77. The largest absolute Gasteiger partial charge is 0.493 e. The summed E-state index contributed by atoms with van der Waals surface area (Å²) in [6.45, 7) is 0.386. The van der Waals surface area contributed by atoms with E-state index in [1.54, 1.807) is 30.3 Å². The van der Waals surface area contributed by atoms with Crippen molar-refractivity contribution in [3.05, 3.63) is 86.3 Å². The molecular formula is C24H20BrCl2N3O4. The Balaban J connectivity index is 1.51. The SMILES string of the molecule is COc1cc(C=NNC(=O)CC(=O)Nc2ccc(Cl)c(Cl)c2)ccc1OCc1ccc(Br)cc1. The maximum atomic E-state index is 12.0. The predicted molar refractivity (Wildman–Crippen MR) is 137 cm³/mol. The minimum atomic E-state index is -0.574. The fourth-order valence-corrected chi connectivity index (χ4v) is 3.33.